The van der Waals surface area contributed by atoms with Gasteiger partial charge in [-0.1, -0.05) is 6.07 Å². The van der Waals surface area contributed by atoms with Crippen molar-refractivity contribution in [2.24, 2.45) is 11.8 Å². The van der Waals surface area contributed by atoms with Crippen LogP contribution in [0.25, 0.3) is 27.5 Å². The maximum absolute atomic E-state index is 13.8. The van der Waals surface area contributed by atoms with E-state index in [9.17, 15) is 19.2 Å². The van der Waals surface area contributed by atoms with E-state index >= 15 is 0 Å². The van der Waals surface area contributed by atoms with Gasteiger partial charge in [-0.15, -0.1) is 0 Å². The number of nitrogens with one attached hydrogen (secondary N) is 2. The molecule has 10 rings (SSSR count). The normalized spacial score (nSPS) is 21.1. The third-order valence-electron chi connectivity index (χ3n) is 13.5. The summed E-state index contributed by atoms with van der Waals surface area (Å²) < 4.78 is 11.6. The SMILES string of the molecule is COc1cc2nn(C3CCC(C(=O)N4CCC(CN5CCC(n6ccc7c(N8CCC(=O)NC8=O)cccc76)CC5)CC4)CC3)cc2cc1C(=O)Nc1cnc2cccnn12. The Labute approximate surface area is 352 Å². The molecule has 3 saturated heterocycles. The molecule has 4 aliphatic rings. The van der Waals surface area contributed by atoms with Gasteiger partial charge >= 0.3 is 6.03 Å². The predicted octanol–water partition coefficient (Wildman–Crippen LogP) is 6.05. The highest BCUT2D eigenvalue weighted by Gasteiger charge is 2.34. The first-order valence-corrected chi connectivity index (χ1v) is 21.7. The van der Waals surface area contributed by atoms with E-state index in [4.69, 9.17) is 9.84 Å². The number of carbonyl (C=O) groups is 4. The molecule has 7 heterocycles. The first-order chi connectivity index (χ1) is 29.8. The lowest BCUT2D eigenvalue weighted by Gasteiger charge is -2.39. The summed E-state index contributed by atoms with van der Waals surface area (Å²) in [6.45, 7) is 5.21. The molecule has 16 nitrogen and oxygen atoms in total. The molecule has 5 amide bonds. The van der Waals surface area contributed by atoms with E-state index in [1.165, 1.54) is 0 Å². The molecule has 0 atom stereocenters. The first kappa shape index (κ1) is 38.9. The summed E-state index contributed by atoms with van der Waals surface area (Å²) in [5.41, 5.74) is 3.76. The minimum Gasteiger partial charge on any atom is -0.496 e. The standard InChI is InChI=1S/C45H51N11O5/c1-61-39-25-36-31(24-35(39)43(58)48-41-26-46-40-6-3-17-47-56(40)41)28-55(50-36)33-9-7-30(8-10-33)44(59)52-20-11-29(12-21-52)27-51-18-13-32(14-19-51)53-22-15-34-37(53)4-2-5-38(34)54-23-16-42(57)49-45(54)60/h2-6,15,17,22,24-26,28-30,32-33H,7-14,16,18-21,23,27H2,1H3,(H,48,58)(H,49,57,60). The minimum atomic E-state index is -0.356. The number of hydrogen-bond donors (Lipinski definition) is 2. The Morgan fingerprint density at radius 1 is 0.902 bits per heavy atom. The van der Waals surface area contributed by atoms with Crippen LogP contribution in [0.1, 0.15) is 80.2 Å². The van der Waals surface area contributed by atoms with Gasteiger partial charge in [-0.3, -0.25) is 29.3 Å². The van der Waals surface area contributed by atoms with Crippen LogP contribution >= 0.6 is 0 Å². The molecular formula is C45H51N11O5. The van der Waals surface area contributed by atoms with Crippen LogP contribution < -0.4 is 20.3 Å². The van der Waals surface area contributed by atoms with Gasteiger partial charge in [0.05, 0.1) is 41.6 Å². The maximum atomic E-state index is 13.8. The van der Waals surface area contributed by atoms with Crippen molar-refractivity contribution in [1.82, 2.24) is 44.1 Å². The zero-order valence-corrected chi connectivity index (χ0v) is 34.4. The number of carbonyl (C=O) groups excluding carboxylic acids is 4. The highest BCUT2D eigenvalue weighted by Crippen LogP contribution is 2.37. The number of methoxy groups -OCH3 is 1. The molecule has 1 saturated carbocycles. The number of urea groups is 1. The van der Waals surface area contributed by atoms with Gasteiger partial charge in [0.15, 0.2) is 11.5 Å². The van der Waals surface area contributed by atoms with Crippen molar-refractivity contribution in [3.8, 4) is 5.75 Å². The molecule has 16 heteroatoms. The number of fused-ring (bicyclic) bond motifs is 3. The maximum Gasteiger partial charge on any atom is 0.328 e. The summed E-state index contributed by atoms with van der Waals surface area (Å²) in [6, 6.07) is 15.6. The van der Waals surface area contributed by atoms with Gasteiger partial charge in [0.2, 0.25) is 11.8 Å². The molecule has 2 N–H and O–H groups in total. The molecule has 316 valence electrons. The molecule has 0 unspecified atom stereocenters. The van der Waals surface area contributed by atoms with Crippen LogP contribution in [0.5, 0.6) is 5.75 Å². The fourth-order valence-corrected chi connectivity index (χ4v) is 10.1. The number of nitrogens with zero attached hydrogens (tertiary/aromatic N) is 9. The Balaban J connectivity index is 0.691. The lowest BCUT2D eigenvalue weighted by atomic mass is 9.84. The number of amides is 5. The number of ether oxygens (including phenoxy) is 1. The lowest BCUT2D eigenvalue weighted by molar-refractivity contribution is -0.138. The van der Waals surface area contributed by atoms with E-state index in [-0.39, 0.29) is 29.8 Å². The zero-order valence-electron chi connectivity index (χ0n) is 34.4. The smallest absolute Gasteiger partial charge is 0.328 e. The van der Waals surface area contributed by atoms with E-state index in [0.29, 0.717) is 53.6 Å². The predicted molar refractivity (Wildman–Crippen MR) is 230 cm³/mol. The Hall–Kier alpha value is -6.29. The molecule has 4 fully saturated rings. The van der Waals surface area contributed by atoms with Crippen LogP contribution in [0.4, 0.5) is 16.3 Å². The third kappa shape index (κ3) is 7.57. The van der Waals surface area contributed by atoms with Crippen LogP contribution in [0.2, 0.25) is 0 Å². The van der Waals surface area contributed by atoms with E-state index in [2.05, 4.69) is 53.4 Å². The fourth-order valence-electron chi connectivity index (χ4n) is 10.1. The molecule has 6 aromatic rings. The van der Waals surface area contributed by atoms with E-state index < -0.39 is 0 Å². The third-order valence-corrected chi connectivity index (χ3v) is 13.5. The second kappa shape index (κ2) is 16.3. The minimum absolute atomic E-state index is 0.0448. The van der Waals surface area contributed by atoms with Gasteiger partial charge in [-0.25, -0.2) is 9.78 Å². The van der Waals surface area contributed by atoms with Crippen LogP contribution in [0.15, 0.2) is 73.3 Å². The van der Waals surface area contributed by atoms with Crippen molar-refractivity contribution in [3.63, 3.8) is 0 Å². The monoisotopic (exact) mass is 825 g/mol. The number of likely N-dealkylation sites (tertiary alicyclic amines) is 2. The molecule has 4 aromatic heterocycles. The molecule has 1 aliphatic carbocycles. The van der Waals surface area contributed by atoms with Crippen molar-refractivity contribution in [2.75, 3.05) is 56.6 Å². The van der Waals surface area contributed by atoms with Crippen molar-refractivity contribution in [3.05, 3.63) is 78.9 Å². The summed E-state index contributed by atoms with van der Waals surface area (Å²) >= 11 is 0. The average molecular weight is 826 g/mol. The number of imidazole rings is 1. The van der Waals surface area contributed by atoms with Crippen LogP contribution in [-0.2, 0) is 9.59 Å². The molecular weight excluding hydrogens is 775 g/mol. The zero-order chi connectivity index (χ0) is 41.6. The van der Waals surface area contributed by atoms with Crippen molar-refractivity contribution in [2.45, 2.75) is 69.9 Å². The van der Waals surface area contributed by atoms with E-state index in [1.807, 2.05) is 35.1 Å². The second-order valence-corrected chi connectivity index (χ2v) is 17.1. The Morgan fingerprint density at radius 3 is 2.51 bits per heavy atom. The number of benzene rings is 2. The summed E-state index contributed by atoms with van der Waals surface area (Å²) in [4.78, 5) is 62.2. The van der Waals surface area contributed by atoms with Gasteiger partial charge in [0.1, 0.15) is 5.75 Å². The highest BCUT2D eigenvalue weighted by molar-refractivity contribution is 6.10. The lowest BCUT2D eigenvalue weighted by Crippen LogP contribution is -2.49. The first-order valence-electron chi connectivity index (χ1n) is 21.7. The molecule has 0 spiro atoms. The molecule has 0 bridgehead atoms. The number of anilines is 2. The van der Waals surface area contributed by atoms with Crippen LogP contribution in [0, 0.1) is 11.8 Å². The van der Waals surface area contributed by atoms with E-state index in [0.717, 1.165) is 112 Å². The summed E-state index contributed by atoms with van der Waals surface area (Å²) in [6.07, 6.45) is 15.3. The average Bonchev–Trinajstić information content (AvgIpc) is 4.03. The number of aromatic nitrogens is 6. The molecule has 2 aromatic carbocycles. The van der Waals surface area contributed by atoms with Crippen LogP contribution in [0.3, 0.4) is 0 Å². The summed E-state index contributed by atoms with van der Waals surface area (Å²) in [5.74, 6) is 1.30. The molecule has 0 radical (unpaired) electrons. The topological polar surface area (TPSA) is 164 Å². The van der Waals surface area contributed by atoms with Crippen molar-refractivity contribution < 1.29 is 23.9 Å². The largest absolute Gasteiger partial charge is 0.496 e. The van der Waals surface area contributed by atoms with Gasteiger partial charge in [-0.05, 0) is 93.7 Å². The van der Waals surface area contributed by atoms with E-state index in [1.54, 1.807) is 41.1 Å². The Kier molecular flexibility index (Phi) is 10.4. The van der Waals surface area contributed by atoms with Crippen molar-refractivity contribution >= 4 is 62.7 Å². The van der Waals surface area contributed by atoms with Gasteiger partial charge in [0, 0.05) is 93.1 Å². The second-order valence-electron chi connectivity index (χ2n) is 17.1. The quantitative estimate of drug-likeness (QED) is 0.177. The summed E-state index contributed by atoms with van der Waals surface area (Å²) in [5, 5.41) is 16.4. The van der Waals surface area contributed by atoms with Crippen LogP contribution in [-0.4, -0.2) is 109 Å². The van der Waals surface area contributed by atoms with Crippen molar-refractivity contribution in [1.29, 1.82) is 0 Å². The highest BCUT2D eigenvalue weighted by atomic mass is 16.5. The number of imide groups is 1. The van der Waals surface area contributed by atoms with Gasteiger partial charge < -0.3 is 24.4 Å². The van der Waals surface area contributed by atoms with Gasteiger partial charge in [-0.2, -0.15) is 14.7 Å². The summed E-state index contributed by atoms with van der Waals surface area (Å²) in [7, 11) is 1.55. The number of rotatable bonds is 9. The Bertz CT molecular complexity index is 2620. The Morgan fingerprint density at radius 2 is 1.72 bits per heavy atom. The fraction of sp³-hybridized carbons (Fsp3) is 0.444. The number of hydrogen-bond acceptors (Lipinski definition) is 9. The molecule has 61 heavy (non-hydrogen) atoms. The number of piperidine rings is 2. The molecule has 3 aliphatic heterocycles. The van der Waals surface area contributed by atoms with Gasteiger partial charge in [0.25, 0.3) is 5.91 Å².